The Labute approximate surface area is 104 Å². The summed E-state index contributed by atoms with van der Waals surface area (Å²) in [6.07, 6.45) is 2.59. The van der Waals surface area contributed by atoms with Crippen LogP contribution in [0.5, 0.6) is 5.75 Å². The summed E-state index contributed by atoms with van der Waals surface area (Å²) in [6.45, 7) is 6.67. The molecule has 0 aromatic heterocycles. The minimum atomic E-state index is 0.261. The van der Waals surface area contributed by atoms with Gasteiger partial charge in [-0.2, -0.15) is 0 Å². The van der Waals surface area contributed by atoms with Gasteiger partial charge in [-0.15, -0.1) is 0 Å². The number of benzene rings is 1. The number of para-hydroxylation sites is 1. The van der Waals surface area contributed by atoms with Crippen molar-refractivity contribution in [2.75, 3.05) is 7.05 Å². The van der Waals surface area contributed by atoms with E-state index in [1.807, 2.05) is 13.1 Å². The molecule has 0 saturated heterocycles. The lowest BCUT2D eigenvalue weighted by molar-refractivity contribution is -0.0680. The summed E-state index contributed by atoms with van der Waals surface area (Å²) >= 11 is 0. The van der Waals surface area contributed by atoms with Crippen molar-refractivity contribution in [1.82, 2.24) is 5.32 Å². The fourth-order valence-corrected chi connectivity index (χ4v) is 2.76. The maximum atomic E-state index is 6.18. The molecule has 2 nitrogen and oxygen atoms in total. The molecule has 1 aromatic rings. The van der Waals surface area contributed by atoms with E-state index < -0.39 is 0 Å². The van der Waals surface area contributed by atoms with Crippen molar-refractivity contribution in [3.63, 3.8) is 0 Å². The molecule has 0 bridgehead atoms. The number of ether oxygens (including phenoxy) is 1. The minimum absolute atomic E-state index is 0.261. The maximum absolute atomic E-state index is 6.18. The highest BCUT2D eigenvalue weighted by Crippen LogP contribution is 2.46. The average molecular weight is 233 g/mol. The Bertz CT molecular complexity index is 390. The van der Waals surface area contributed by atoms with Gasteiger partial charge in [0.2, 0.25) is 0 Å². The van der Waals surface area contributed by atoms with Gasteiger partial charge in [0, 0.05) is 17.9 Å². The van der Waals surface area contributed by atoms with Crippen molar-refractivity contribution in [3.05, 3.63) is 29.8 Å². The first kappa shape index (κ1) is 12.4. The SMILES string of the molecule is CCC1(C)C(NC)CC1Oc1ccccc1C. The Kier molecular flexibility index (Phi) is 3.43. The van der Waals surface area contributed by atoms with Crippen LogP contribution in [0.1, 0.15) is 32.3 Å². The van der Waals surface area contributed by atoms with Crippen molar-refractivity contribution in [3.8, 4) is 5.75 Å². The zero-order chi connectivity index (χ0) is 12.5. The van der Waals surface area contributed by atoms with Crippen LogP contribution in [0.25, 0.3) is 0 Å². The van der Waals surface area contributed by atoms with E-state index in [-0.39, 0.29) is 5.41 Å². The van der Waals surface area contributed by atoms with E-state index in [1.54, 1.807) is 0 Å². The lowest BCUT2D eigenvalue weighted by Gasteiger charge is -2.53. The van der Waals surface area contributed by atoms with Crippen LogP contribution in [0.2, 0.25) is 0 Å². The Morgan fingerprint density at radius 1 is 1.41 bits per heavy atom. The highest BCUT2D eigenvalue weighted by molar-refractivity contribution is 5.32. The molecule has 1 aromatic carbocycles. The van der Waals surface area contributed by atoms with Crippen LogP contribution in [0, 0.1) is 12.3 Å². The van der Waals surface area contributed by atoms with E-state index in [9.17, 15) is 0 Å². The van der Waals surface area contributed by atoms with Gasteiger partial charge in [0.15, 0.2) is 0 Å². The van der Waals surface area contributed by atoms with Crippen LogP contribution in [0.4, 0.5) is 0 Å². The topological polar surface area (TPSA) is 21.3 Å². The van der Waals surface area contributed by atoms with Crippen LogP contribution < -0.4 is 10.1 Å². The van der Waals surface area contributed by atoms with Crippen LogP contribution in [0.15, 0.2) is 24.3 Å². The Morgan fingerprint density at radius 2 is 2.12 bits per heavy atom. The van der Waals surface area contributed by atoms with Gasteiger partial charge in [-0.3, -0.25) is 0 Å². The van der Waals surface area contributed by atoms with E-state index in [0.29, 0.717) is 12.1 Å². The molecule has 1 saturated carbocycles. The molecule has 1 aliphatic rings. The largest absolute Gasteiger partial charge is 0.489 e. The van der Waals surface area contributed by atoms with E-state index in [1.165, 1.54) is 5.56 Å². The fourth-order valence-electron chi connectivity index (χ4n) is 2.76. The maximum Gasteiger partial charge on any atom is 0.122 e. The molecule has 1 aliphatic carbocycles. The Balaban J connectivity index is 2.09. The summed E-state index contributed by atoms with van der Waals surface area (Å²) < 4.78 is 6.18. The monoisotopic (exact) mass is 233 g/mol. The zero-order valence-corrected chi connectivity index (χ0v) is 11.3. The summed E-state index contributed by atoms with van der Waals surface area (Å²) in [5.74, 6) is 1.03. The molecule has 0 amide bonds. The predicted molar refractivity (Wildman–Crippen MR) is 71.5 cm³/mol. The summed E-state index contributed by atoms with van der Waals surface area (Å²) in [6, 6.07) is 8.85. The number of nitrogens with one attached hydrogen (secondary N) is 1. The van der Waals surface area contributed by atoms with Crippen molar-refractivity contribution in [2.24, 2.45) is 5.41 Å². The third-order valence-electron chi connectivity index (χ3n) is 4.45. The lowest BCUT2D eigenvalue weighted by Crippen LogP contribution is -2.62. The molecule has 0 spiro atoms. The van der Waals surface area contributed by atoms with Crippen molar-refractivity contribution in [2.45, 2.75) is 45.8 Å². The van der Waals surface area contributed by atoms with Crippen LogP contribution >= 0.6 is 0 Å². The molecule has 0 aliphatic heterocycles. The average Bonchev–Trinajstić information content (AvgIpc) is 2.34. The first-order chi connectivity index (χ1) is 8.11. The molecule has 17 heavy (non-hydrogen) atoms. The molecule has 2 heteroatoms. The Morgan fingerprint density at radius 3 is 2.71 bits per heavy atom. The van der Waals surface area contributed by atoms with Gasteiger partial charge in [-0.25, -0.2) is 0 Å². The minimum Gasteiger partial charge on any atom is -0.489 e. The summed E-state index contributed by atoms with van der Waals surface area (Å²) in [5, 5.41) is 3.39. The molecule has 2 rings (SSSR count). The number of aryl methyl sites for hydroxylation is 1. The third kappa shape index (κ3) is 2.06. The zero-order valence-electron chi connectivity index (χ0n) is 11.3. The fraction of sp³-hybridized carbons (Fsp3) is 0.600. The van der Waals surface area contributed by atoms with E-state index >= 15 is 0 Å². The van der Waals surface area contributed by atoms with Gasteiger partial charge in [0.25, 0.3) is 0 Å². The van der Waals surface area contributed by atoms with Gasteiger partial charge in [0.1, 0.15) is 11.9 Å². The van der Waals surface area contributed by atoms with Gasteiger partial charge in [-0.05, 0) is 32.0 Å². The van der Waals surface area contributed by atoms with E-state index in [0.717, 1.165) is 18.6 Å². The summed E-state index contributed by atoms with van der Waals surface area (Å²) in [7, 11) is 2.04. The van der Waals surface area contributed by atoms with Crippen molar-refractivity contribution in [1.29, 1.82) is 0 Å². The number of hydrogen-bond acceptors (Lipinski definition) is 2. The summed E-state index contributed by atoms with van der Waals surface area (Å²) in [5.41, 5.74) is 1.48. The Hall–Kier alpha value is -1.02. The third-order valence-corrected chi connectivity index (χ3v) is 4.45. The second kappa shape index (κ2) is 4.69. The normalized spacial score (nSPS) is 32.0. The lowest BCUT2D eigenvalue weighted by atomic mass is 9.61. The summed E-state index contributed by atoms with van der Waals surface area (Å²) in [4.78, 5) is 0. The van der Waals surface area contributed by atoms with Gasteiger partial charge >= 0.3 is 0 Å². The van der Waals surface area contributed by atoms with Gasteiger partial charge < -0.3 is 10.1 Å². The van der Waals surface area contributed by atoms with Crippen molar-refractivity contribution < 1.29 is 4.74 Å². The second-order valence-electron chi connectivity index (χ2n) is 5.31. The van der Waals surface area contributed by atoms with Crippen LogP contribution in [-0.4, -0.2) is 19.2 Å². The highest BCUT2D eigenvalue weighted by atomic mass is 16.5. The molecule has 3 atom stereocenters. The quantitative estimate of drug-likeness (QED) is 0.862. The van der Waals surface area contributed by atoms with Gasteiger partial charge in [0.05, 0.1) is 0 Å². The number of rotatable bonds is 4. The smallest absolute Gasteiger partial charge is 0.122 e. The van der Waals surface area contributed by atoms with Crippen molar-refractivity contribution >= 4 is 0 Å². The first-order valence-electron chi connectivity index (χ1n) is 6.51. The second-order valence-corrected chi connectivity index (χ2v) is 5.31. The van der Waals surface area contributed by atoms with Crippen LogP contribution in [0.3, 0.4) is 0 Å². The molecule has 3 unspecified atom stereocenters. The predicted octanol–water partition coefficient (Wildman–Crippen LogP) is 3.15. The molecule has 0 radical (unpaired) electrons. The van der Waals surface area contributed by atoms with Crippen LogP contribution in [-0.2, 0) is 0 Å². The molecular formula is C15H23NO. The highest BCUT2D eigenvalue weighted by Gasteiger charge is 2.51. The van der Waals surface area contributed by atoms with E-state index in [4.69, 9.17) is 4.74 Å². The number of hydrogen-bond donors (Lipinski definition) is 1. The van der Waals surface area contributed by atoms with Gasteiger partial charge in [-0.1, -0.05) is 32.0 Å². The molecular weight excluding hydrogens is 210 g/mol. The molecule has 1 N–H and O–H groups in total. The molecule has 0 heterocycles. The van der Waals surface area contributed by atoms with E-state index in [2.05, 4.69) is 44.3 Å². The molecule has 1 fully saturated rings. The molecule has 94 valence electrons. The standard InChI is InChI=1S/C15H23NO/c1-5-15(3)13(16-4)10-14(15)17-12-9-7-6-8-11(12)2/h6-9,13-14,16H,5,10H2,1-4H3. The first-order valence-corrected chi connectivity index (χ1v) is 6.51.